The summed E-state index contributed by atoms with van der Waals surface area (Å²) in [6.45, 7) is 6.93. The van der Waals surface area contributed by atoms with Gasteiger partial charge in [-0.05, 0) is 27.2 Å². The molecule has 7 heteroatoms. The highest BCUT2D eigenvalue weighted by Crippen LogP contribution is 2.38. The number of amides is 1. The molecular weight excluding hydrogens is 318 g/mol. The minimum atomic E-state index is -0.491. The lowest BCUT2D eigenvalue weighted by Crippen LogP contribution is -2.44. The number of aromatic nitrogens is 4. The monoisotopic (exact) mass is 345 g/mol. The van der Waals surface area contributed by atoms with Crippen LogP contribution in [0.5, 0.6) is 0 Å². The second kappa shape index (κ2) is 6.54. The van der Waals surface area contributed by atoms with Crippen LogP contribution in [0.3, 0.4) is 0 Å². The van der Waals surface area contributed by atoms with Gasteiger partial charge in [-0.2, -0.15) is 0 Å². The summed E-state index contributed by atoms with van der Waals surface area (Å²) >= 11 is 0. The van der Waals surface area contributed by atoms with E-state index in [-0.39, 0.29) is 17.9 Å². The molecule has 25 heavy (non-hydrogen) atoms. The zero-order valence-electron chi connectivity index (χ0n) is 15.6. The number of hydrogen-bond donors (Lipinski definition) is 0. The fourth-order valence-electron chi connectivity index (χ4n) is 3.35. The van der Waals surface area contributed by atoms with Gasteiger partial charge in [0.1, 0.15) is 5.60 Å². The minimum absolute atomic E-state index is 0.109. The maximum absolute atomic E-state index is 12.5. The summed E-state index contributed by atoms with van der Waals surface area (Å²) in [6.07, 6.45) is 8.30. The molecule has 3 rings (SSSR count). The summed E-state index contributed by atoms with van der Waals surface area (Å²) in [7, 11) is 3.93. The van der Waals surface area contributed by atoms with Crippen LogP contribution in [0.2, 0.25) is 0 Å². The predicted octanol–water partition coefficient (Wildman–Crippen LogP) is 2.66. The molecule has 3 heterocycles. The van der Waals surface area contributed by atoms with E-state index in [0.29, 0.717) is 13.1 Å². The van der Waals surface area contributed by atoms with E-state index in [1.807, 2.05) is 56.5 Å². The Hall–Kier alpha value is -2.31. The Kier molecular flexibility index (Phi) is 4.58. The van der Waals surface area contributed by atoms with E-state index in [9.17, 15) is 4.79 Å². The molecule has 2 atom stereocenters. The van der Waals surface area contributed by atoms with Gasteiger partial charge in [0.2, 0.25) is 0 Å². The largest absolute Gasteiger partial charge is 0.444 e. The van der Waals surface area contributed by atoms with Crippen molar-refractivity contribution in [1.82, 2.24) is 24.0 Å². The van der Waals surface area contributed by atoms with E-state index in [4.69, 9.17) is 4.74 Å². The molecule has 1 amide bonds. The van der Waals surface area contributed by atoms with Crippen molar-refractivity contribution in [2.45, 2.75) is 44.6 Å². The Morgan fingerprint density at radius 1 is 1.08 bits per heavy atom. The van der Waals surface area contributed by atoms with Gasteiger partial charge in [0, 0.05) is 51.4 Å². The average molecular weight is 345 g/mol. The number of likely N-dealkylation sites (tertiary alicyclic amines) is 1. The molecule has 1 fully saturated rings. The molecule has 0 saturated carbocycles. The summed E-state index contributed by atoms with van der Waals surface area (Å²) in [5.41, 5.74) is 1.56. The number of piperidine rings is 1. The van der Waals surface area contributed by atoms with Crippen LogP contribution in [-0.4, -0.2) is 48.8 Å². The Bertz CT molecular complexity index is 743. The lowest BCUT2D eigenvalue weighted by Gasteiger charge is -2.37. The van der Waals surface area contributed by atoms with Crippen LogP contribution in [0.25, 0.3) is 0 Å². The zero-order valence-corrected chi connectivity index (χ0v) is 15.6. The van der Waals surface area contributed by atoms with Gasteiger partial charge in [-0.25, -0.2) is 14.8 Å². The van der Waals surface area contributed by atoms with Crippen molar-refractivity contribution in [3.63, 3.8) is 0 Å². The lowest BCUT2D eigenvalue weighted by atomic mass is 9.81. The standard InChI is InChI=1S/C18H27N5O2/c1-18(2,3)25-17(24)23-7-6-13(15-9-21(4)11-19-15)14(8-23)16-10-22(5)12-20-16/h9-14H,6-8H2,1-5H3. The second-order valence-corrected chi connectivity index (χ2v) is 7.86. The molecule has 1 aliphatic heterocycles. The highest BCUT2D eigenvalue weighted by molar-refractivity contribution is 5.68. The van der Waals surface area contributed by atoms with Crippen LogP contribution in [0.1, 0.15) is 50.4 Å². The molecular formula is C18H27N5O2. The van der Waals surface area contributed by atoms with Crippen molar-refractivity contribution in [2.24, 2.45) is 14.1 Å². The molecule has 0 aliphatic carbocycles. The van der Waals surface area contributed by atoms with Crippen LogP contribution < -0.4 is 0 Å². The van der Waals surface area contributed by atoms with E-state index in [0.717, 1.165) is 17.8 Å². The SMILES string of the molecule is Cn1cnc(C2CCN(C(=O)OC(C)(C)C)CC2c2cn(C)cn2)c1. The van der Waals surface area contributed by atoms with Crippen molar-refractivity contribution >= 4 is 6.09 Å². The quantitative estimate of drug-likeness (QED) is 0.839. The fourth-order valence-corrected chi connectivity index (χ4v) is 3.35. The maximum atomic E-state index is 12.5. The van der Waals surface area contributed by atoms with E-state index in [1.54, 1.807) is 11.2 Å². The Morgan fingerprint density at radius 2 is 1.64 bits per heavy atom. The highest BCUT2D eigenvalue weighted by atomic mass is 16.6. The van der Waals surface area contributed by atoms with Gasteiger partial charge in [0.25, 0.3) is 0 Å². The fraction of sp³-hybridized carbons (Fsp3) is 0.611. The highest BCUT2D eigenvalue weighted by Gasteiger charge is 2.37. The summed E-state index contributed by atoms with van der Waals surface area (Å²) in [5, 5.41) is 0. The van der Waals surface area contributed by atoms with E-state index in [1.165, 1.54) is 0 Å². The van der Waals surface area contributed by atoms with Crippen molar-refractivity contribution in [3.8, 4) is 0 Å². The molecule has 2 aromatic rings. The number of imidazole rings is 2. The molecule has 0 spiro atoms. The molecule has 0 bridgehead atoms. The van der Waals surface area contributed by atoms with Gasteiger partial charge < -0.3 is 18.8 Å². The van der Waals surface area contributed by atoms with Gasteiger partial charge >= 0.3 is 6.09 Å². The lowest BCUT2D eigenvalue weighted by molar-refractivity contribution is 0.0181. The summed E-state index contributed by atoms with van der Waals surface area (Å²) in [6, 6.07) is 0. The molecule has 1 aliphatic rings. The summed E-state index contributed by atoms with van der Waals surface area (Å²) in [5.74, 6) is 0.354. The number of carbonyl (C=O) groups is 1. The van der Waals surface area contributed by atoms with Crippen molar-refractivity contribution in [3.05, 3.63) is 36.4 Å². The number of hydrogen-bond acceptors (Lipinski definition) is 4. The van der Waals surface area contributed by atoms with Crippen LogP contribution in [0.15, 0.2) is 25.0 Å². The zero-order chi connectivity index (χ0) is 18.2. The first-order valence-electron chi connectivity index (χ1n) is 8.66. The molecule has 136 valence electrons. The van der Waals surface area contributed by atoms with Gasteiger partial charge in [0.05, 0.1) is 24.0 Å². The van der Waals surface area contributed by atoms with Gasteiger partial charge in [-0.1, -0.05) is 0 Å². The molecule has 2 unspecified atom stereocenters. The first kappa shape index (κ1) is 17.5. The van der Waals surface area contributed by atoms with Gasteiger partial charge in [-0.15, -0.1) is 0 Å². The Balaban J connectivity index is 1.84. The van der Waals surface area contributed by atoms with Crippen molar-refractivity contribution < 1.29 is 9.53 Å². The molecule has 1 saturated heterocycles. The van der Waals surface area contributed by atoms with E-state index in [2.05, 4.69) is 16.2 Å². The van der Waals surface area contributed by atoms with Crippen LogP contribution >= 0.6 is 0 Å². The van der Waals surface area contributed by atoms with E-state index < -0.39 is 5.60 Å². The normalized spacial score (nSPS) is 21.4. The number of rotatable bonds is 2. The molecule has 0 aromatic carbocycles. The number of ether oxygens (including phenoxy) is 1. The van der Waals surface area contributed by atoms with Crippen LogP contribution in [-0.2, 0) is 18.8 Å². The number of nitrogens with zero attached hydrogens (tertiary/aromatic N) is 5. The number of aryl methyl sites for hydroxylation is 2. The first-order chi connectivity index (χ1) is 11.7. The third-order valence-corrected chi connectivity index (χ3v) is 4.47. The summed E-state index contributed by atoms with van der Waals surface area (Å²) < 4.78 is 9.46. The Morgan fingerprint density at radius 3 is 2.12 bits per heavy atom. The van der Waals surface area contributed by atoms with E-state index >= 15 is 0 Å². The first-order valence-corrected chi connectivity index (χ1v) is 8.66. The van der Waals surface area contributed by atoms with Crippen LogP contribution in [0.4, 0.5) is 4.79 Å². The average Bonchev–Trinajstić information content (AvgIpc) is 3.13. The smallest absolute Gasteiger partial charge is 0.410 e. The predicted molar refractivity (Wildman–Crippen MR) is 94.3 cm³/mol. The maximum Gasteiger partial charge on any atom is 0.410 e. The summed E-state index contributed by atoms with van der Waals surface area (Å²) in [4.78, 5) is 23.4. The van der Waals surface area contributed by atoms with Gasteiger partial charge in [0.15, 0.2) is 0 Å². The molecule has 0 N–H and O–H groups in total. The third-order valence-electron chi connectivity index (χ3n) is 4.47. The Labute approximate surface area is 148 Å². The topological polar surface area (TPSA) is 65.2 Å². The second-order valence-electron chi connectivity index (χ2n) is 7.86. The van der Waals surface area contributed by atoms with Crippen LogP contribution in [0, 0.1) is 0 Å². The number of carbonyl (C=O) groups excluding carboxylic acids is 1. The molecule has 7 nitrogen and oxygen atoms in total. The molecule has 0 radical (unpaired) electrons. The van der Waals surface area contributed by atoms with Crippen molar-refractivity contribution in [2.75, 3.05) is 13.1 Å². The minimum Gasteiger partial charge on any atom is -0.444 e. The third kappa shape index (κ3) is 4.03. The van der Waals surface area contributed by atoms with Crippen molar-refractivity contribution in [1.29, 1.82) is 0 Å². The molecule has 2 aromatic heterocycles. The van der Waals surface area contributed by atoms with Gasteiger partial charge in [-0.3, -0.25) is 0 Å².